The van der Waals surface area contributed by atoms with E-state index in [2.05, 4.69) is 15.3 Å². The Balaban J connectivity index is 1.57. The van der Waals surface area contributed by atoms with E-state index in [4.69, 9.17) is 0 Å². The molecule has 5 nitrogen and oxygen atoms in total. The van der Waals surface area contributed by atoms with Gasteiger partial charge in [0, 0.05) is 19.3 Å². The average Bonchev–Trinajstić information content (AvgIpc) is 2.62. The number of benzene rings is 1. The minimum atomic E-state index is -4.32. The van der Waals surface area contributed by atoms with E-state index in [1.807, 2.05) is 0 Å². The van der Waals surface area contributed by atoms with E-state index in [1.54, 1.807) is 17.2 Å². The van der Waals surface area contributed by atoms with Gasteiger partial charge in [-0.3, -0.25) is 5.32 Å². The zero-order chi connectivity index (χ0) is 18.6. The molecule has 2 amide bonds. The number of carbonyl (C=O) groups is 1. The van der Waals surface area contributed by atoms with Gasteiger partial charge in [0.15, 0.2) is 0 Å². The molecule has 1 aliphatic heterocycles. The van der Waals surface area contributed by atoms with Gasteiger partial charge in [-0.1, -0.05) is 12.1 Å². The maximum atomic E-state index is 12.6. The number of piperidine rings is 1. The normalized spacial score (nSPS) is 17.8. The van der Waals surface area contributed by atoms with E-state index in [0.29, 0.717) is 25.3 Å². The Morgan fingerprint density at radius 2 is 2.00 bits per heavy atom. The molecule has 2 heterocycles. The predicted octanol–water partition coefficient (Wildman–Crippen LogP) is 3.98. The van der Waals surface area contributed by atoms with Crippen molar-refractivity contribution in [3.8, 4) is 0 Å². The molecule has 1 atom stereocenters. The molecule has 0 spiro atoms. The number of nitrogens with one attached hydrogen (secondary N) is 1. The summed E-state index contributed by atoms with van der Waals surface area (Å²) in [5.74, 6) is 0.659. The zero-order valence-electron chi connectivity index (χ0n) is 14.0. The summed E-state index contributed by atoms with van der Waals surface area (Å²) in [6.45, 7) is 1.22. The summed E-state index contributed by atoms with van der Waals surface area (Å²) in [4.78, 5) is 21.8. The van der Waals surface area contributed by atoms with Crippen molar-refractivity contribution in [2.75, 3.05) is 18.4 Å². The van der Waals surface area contributed by atoms with E-state index in [0.717, 1.165) is 30.5 Å². The van der Waals surface area contributed by atoms with Crippen molar-refractivity contribution in [1.29, 1.82) is 0 Å². The molecule has 138 valence electrons. The second-order valence-corrected chi connectivity index (χ2v) is 6.38. The minimum Gasteiger partial charge on any atom is -0.324 e. The molecule has 1 saturated heterocycles. The summed E-state index contributed by atoms with van der Waals surface area (Å²) in [7, 11) is 0. The van der Waals surface area contributed by atoms with Gasteiger partial charge in [-0.15, -0.1) is 0 Å². The number of urea groups is 1. The summed E-state index contributed by atoms with van der Waals surface area (Å²) in [5, 5.41) is 2.73. The number of carbonyl (C=O) groups excluding carboxylic acids is 1. The molecule has 0 bridgehead atoms. The molecule has 3 rings (SSSR count). The number of hydrogen-bond acceptors (Lipinski definition) is 3. The van der Waals surface area contributed by atoms with E-state index in [9.17, 15) is 18.0 Å². The van der Waals surface area contributed by atoms with Crippen molar-refractivity contribution in [1.82, 2.24) is 14.9 Å². The lowest BCUT2D eigenvalue weighted by Gasteiger charge is -2.32. The summed E-state index contributed by atoms with van der Waals surface area (Å²) in [6, 6.07) is 6.64. The fraction of sp³-hybridized carbons (Fsp3) is 0.389. The smallest absolute Gasteiger partial charge is 0.324 e. The van der Waals surface area contributed by atoms with Crippen molar-refractivity contribution in [3.05, 3.63) is 54.0 Å². The lowest BCUT2D eigenvalue weighted by molar-refractivity contribution is -0.137. The van der Waals surface area contributed by atoms with Crippen LogP contribution in [0.4, 0.5) is 23.8 Å². The van der Waals surface area contributed by atoms with Crippen LogP contribution in [0.3, 0.4) is 0 Å². The second kappa shape index (κ2) is 7.72. The van der Waals surface area contributed by atoms with Crippen molar-refractivity contribution < 1.29 is 18.0 Å². The Bertz CT molecular complexity index is 734. The van der Waals surface area contributed by atoms with Crippen LogP contribution < -0.4 is 5.32 Å². The highest BCUT2D eigenvalue weighted by Gasteiger charge is 2.30. The second-order valence-electron chi connectivity index (χ2n) is 6.38. The largest absolute Gasteiger partial charge is 0.416 e. The van der Waals surface area contributed by atoms with Crippen LogP contribution in [-0.2, 0) is 12.6 Å². The van der Waals surface area contributed by atoms with E-state index >= 15 is 0 Å². The fourth-order valence-electron chi connectivity index (χ4n) is 3.13. The number of amides is 2. The molecular formula is C18H19F3N4O. The Kier molecular flexibility index (Phi) is 5.39. The Labute approximate surface area is 149 Å². The zero-order valence-corrected chi connectivity index (χ0v) is 14.0. The molecule has 1 unspecified atom stereocenters. The molecule has 1 fully saturated rings. The molecule has 0 radical (unpaired) electrons. The van der Waals surface area contributed by atoms with E-state index < -0.39 is 11.7 Å². The Morgan fingerprint density at radius 3 is 2.65 bits per heavy atom. The number of halogens is 3. The number of rotatable bonds is 3. The predicted molar refractivity (Wildman–Crippen MR) is 90.5 cm³/mol. The quantitative estimate of drug-likeness (QED) is 0.896. The van der Waals surface area contributed by atoms with Gasteiger partial charge in [0.1, 0.15) is 12.1 Å². The van der Waals surface area contributed by atoms with E-state index in [1.165, 1.54) is 18.5 Å². The van der Waals surface area contributed by atoms with Crippen LogP contribution in [0.25, 0.3) is 0 Å². The summed E-state index contributed by atoms with van der Waals surface area (Å²) >= 11 is 0. The molecular weight excluding hydrogens is 345 g/mol. The van der Waals surface area contributed by atoms with Crippen LogP contribution in [0, 0.1) is 5.92 Å². The number of aromatic nitrogens is 2. The summed E-state index contributed by atoms with van der Waals surface area (Å²) < 4.78 is 37.9. The number of anilines is 1. The molecule has 1 aromatic carbocycles. The Morgan fingerprint density at radius 1 is 1.23 bits per heavy atom. The van der Waals surface area contributed by atoms with Crippen LogP contribution in [0.1, 0.15) is 24.0 Å². The van der Waals surface area contributed by atoms with Gasteiger partial charge >= 0.3 is 12.2 Å². The standard InChI is InChI=1S/C18H19F3N4O/c19-18(20,21)15-5-3-13(4-6-15)10-14-2-1-9-25(11-14)17(26)24-16-7-8-22-12-23-16/h3-8,12,14H,1-2,9-11H2,(H,22,23,24,26). The number of likely N-dealkylation sites (tertiary alicyclic amines) is 1. The molecule has 1 aliphatic rings. The lowest BCUT2D eigenvalue weighted by Crippen LogP contribution is -2.42. The van der Waals surface area contributed by atoms with Crippen molar-refractivity contribution >= 4 is 11.8 Å². The van der Waals surface area contributed by atoms with Crippen molar-refractivity contribution in [2.24, 2.45) is 5.92 Å². The summed E-state index contributed by atoms with van der Waals surface area (Å²) in [5.41, 5.74) is 0.205. The SMILES string of the molecule is O=C(Nc1ccncn1)N1CCCC(Cc2ccc(C(F)(F)F)cc2)C1. The monoisotopic (exact) mass is 364 g/mol. The first-order valence-corrected chi connectivity index (χ1v) is 8.40. The first-order valence-electron chi connectivity index (χ1n) is 8.40. The van der Waals surface area contributed by atoms with Gasteiger partial charge < -0.3 is 4.90 Å². The number of alkyl halides is 3. The highest BCUT2D eigenvalue weighted by atomic mass is 19.4. The lowest BCUT2D eigenvalue weighted by atomic mass is 9.91. The maximum absolute atomic E-state index is 12.6. The van der Waals surface area contributed by atoms with Gasteiger partial charge in [-0.05, 0) is 48.9 Å². The third-order valence-corrected chi connectivity index (χ3v) is 4.43. The first-order chi connectivity index (χ1) is 12.4. The van der Waals surface area contributed by atoms with E-state index in [-0.39, 0.29) is 11.9 Å². The maximum Gasteiger partial charge on any atom is 0.416 e. The van der Waals surface area contributed by atoms with Gasteiger partial charge in [-0.2, -0.15) is 13.2 Å². The van der Waals surface area contributed by atoms with Crippen LogP contribution >= 0.6 is 0 Å². The molecule has 0 aliphatic carbocycles. The third-order valence-electron chi connectivity index (χ3n) is 4.43. The minimum absolute atomic E-state index is 0.219. The van der Waals surface area contributed by atoms with Crippen LogP contribution in [-0.4, -0.2) is 34.0 Å². The van der Waals surface area contributed by atoms with Gasteiger partial charge in [0.25, 0.3) is 0 Å². The van der Waals surface area contributed by atoms with Crippen LogP contribution in [0.2, 0.25) is 0 Å². The molecule has 8 heteroatoms. The van der Waals surface area contributed by atoms with Crippen LogP contribution in [0.15, 0.2) is 42.9 Å². The van der Waals surface area contributed by atoms with Gasteiger partial charge in [0.2, 0.25) is 0 Å². The number of hydrogen-bond donors (Lipinski definition) is 1. The van der Waals surface area contributed by atoms with Crippen molar-refractivity contribution in [2.45, 2.75) is 25.4 Å². The molecule has 2 aromatic rings. The Hall–Kier alpha value is -2.64. The highest BCUT2D eigenvalue weighted by molar-refractivity contribution is 5.88. The van der Waals surface area contributed by atoms with Crippen molar-refractivity contribution in [3.63, 3.8) is 0 Å². The first kappa shape index (κ1) is 18.2. The summed E-state index contributed by atoms with van der Waals surface area (Å²) in [6.07, 6.45) is 1.04. The topological polar surface area (TPSA) is 58.1 Å². The molecule has 26 heavy (non-hydrogen) atoms. The average molecular weight is 364 g/mol. The third kappa shape index (κ3) is 4.71. The molecule has 1 N–H and O–H groups in total. The highest BCUT2D eigenvalue weighted by Crippen LogP contribution is 2.30. The van der Waals surface area contributed by atoms with Crippen LogP contribution in [0.5, 0.6) is 0 Å². The van der Waals surface area contributed by atoms with Gasteiger partial charge in [-0.25, -0.2) is 14.8 Å². The van der Waals surface area contributed by atoms with Gasteiger partial charge in [0.05, 0.1) is 5.56 Å². The molecule has 1 aromatic heterocycles. The number of nitrogens with zero attached hydrogens (tertiary/aromatic N) is 3. The fourth-order valence-corrected chi connectivity index (χ4v) is 3.13. The molecule has 0 saturated carbocycles.